The average Bonchev–Trinajstić information content (AvgIpc) is 3.28. The van der Waals surface area contributed by atoms with Crippen LogP contribution in [0, 0.1) is 0 Å². The lowest BCUT2D eigenvalue weighted by atomic mass is 10.0. The minimum atomic E-state index is -2.62. The molecule has 9 heteroatoms. The zero-order valence-corrected chi connectivity index (χ0v) is 17.3. The van der Waals surface area contributed by atoms with E-state index in [0.29, 0.717) is 55.4 Å². The van der Waals surface area contributed by atoms with Crippen LogP contribution in [0.25, 0.3) is 0 Å². The number of hydrogen-bond donors (Lipinski definition) is 1. The zero-order valence-electron chi connectivity index (χ0n) is 17.3. The Morgan fingerprint density at radius 2 is 1.69 bits per heavy atom. The number of piperazine rings is 1. The lowest BCUT2D eigenvalue weighted by molar-refractivity contribution is 0.0620. The van der Waals surface area contributed by atoms with E-state index in [1.165, 1.54) is 12.4 Å². The van der Waals surface area contributed by atoms with Gasteiger partial charge in [0.1, 0.15) is 5.82 Å². The second-order valence-electron chi connectivity index (χ2n) is 7.50. The molecule has 1 aromatic heterocycles. The zero-order chi connectivity index (χ0) is 22.5. The van der Waals surface area contributed by atoms with E-state index < -0.39 is 6.55 Å². The van der Waals surface area contributed by atoms with Crippen LogP contribution in [0.1, 0.15) is 28.3 Å². The first-order chi connectivity index (χ1) is 15.5. The molecule has 1 aliphatic heterocycles. The lowest BCUT2D eigenvalue weighted by Crippen LogP contribution is -2.49. The minimum Gasteiger partial charge on any atom is -0.322 e. The Bertz CT molecular complexity index is 1080. The third kappa shape index (κ3) is 5.00. The summed E-state index contributed by atoms with van der Waals surface area (Å²) in [5.41, 5.74) is 1.62. The van der Waals surface area contributed by atoms with Gasteiger partial charge in [0.2, 0.25) is 0 Å². The molecular formula is C23H23F2N5O2. The van der Waals surface area contributed by atoms with Gasteiger partial charge in [0, 0.05) is 55.4 Å². The predicted octanol–water partition coefficient (Wildman–Crippen LogP) is 3.86. The van der Waals surface area contributed by atoms with Crippen LogP contribution >= 0.6 is 0 Å². The van der Waals surface area contributed by atoms with Crippen molar-refractivity contribution in [2.45, 2.75) is 13.1 Å². The first-order valence-corrected chi connectivity index (χ1v) is 10.3. The van der Waals surface area contributed by atoms with Gasteiger partial charge in [-0.05, 0) is 12.1 Å². The van der Waals surface area contributed by atoms with Crippen molar-refractivity contribution in [1.29, 1.82) is 0 Å². The summed E-state index contributed by atoms with van der Waals surface area (Å²) in [6.45, 7) is -0.292. The number of halogens is 2. The Hall–Kier alpha value is -3.59. The smallest absolute Gasteiger partial charge is 0.321 e. The van der Waals surface area contributed by atoms with Gasteiger partial charge in [0.25, 0.3) is 0 Å². The van der Waals surface area contributed by atoms with Crippen molar-refractivity contribution in [3.63, 3.8) is 0 Å². The van der Waals surface area contributed by atoms with Gasteiger partial charge in [-0.25, -0.2) is 9.78 Å². The molecule has 1 fully saturated rings. The molecule has 32 heavy (non-hydrogen) atoms. The quantitative estimate of drug-likeness (QED) is 0.592. The summed E-state index contributed by atoms with van der Waals surface area (Å²) in [5, 5.41) is 2.84. The van der Waals surface area contributed by atoms with Crippen LogP contribution in [0.5, 0.6) is 0 Å². The first kappa shape index (κ1) is 21.6. The summed E-state index contributed by atoms with van der Waals surface area (Å²) in [5.74, 6) is 0.190. The number of hydrogen-bond acceptors (Lipinski definition) is 4. The fraction of sp³-hybridized carbons (Fsp3) is 0.261. The summed E-state index contributed by atoms with van der Waals surface area (Å²) in [4.78, 5) is 33.0. The number of benzene rings is 2. The molecule has 166 valence electrons. The maximum absolute atomic E-state index is 13.0. The van der Waals surface area contributed by atoms with Crippen LogP contribution in [-0.4, -0.2) is 57.3 Å². The number of ketones is 1. The number of urea groups is 1. The summed E-state index contributed by atoms with van der Waals surface area (Å²) in [6, 6.07) is 15.5. The van der Waals surface area contributed by atoms with Crippen molar-refractivity contribution in [2.75, 3.05) is 31.5 Å². The van der Waals surface area contributed by atoms with E-state index in [2.05, 4.69) is 10.3 Å². The molecule has 0 bridgehead atoms. The van der Waals surface area contributed by atoms with E-state index in [4.69, 9.17) is 0 Å². The highest BCUT2D eigenvalue weighted by Gasteiger charge is 2.23. The number of carbonyl (C=O) groups is 2. The lowest BCUT2D eigenvalue weighted by Gasteiger charge is -2.34. The van der Waals surface area contributed by atoms with Gasteiger partial charge in [-0.2, -0.15) is 8.78 Å². The topological polar surface area (TPSA) is 70.5 Å². The molecule has 2 aromatic carbocycles. The van der Waals surface area contributed by atoms with Gasteiger partial charge in [-0.15, -0.1) is 0 Å². The Labute approximate surface area is 184 Å². The highest BCUT2D eigenvalue weighted by atomic mass is 19.3. The molecule has 4 rings (SSSR count). The fourth-order valence-electron chi connectivity index (χ4n) is 3.65. The van der Waals surface area contributed by atoms with E-state index in [1.54, 1.807) is 53.4 Å². The molecule has 3 aromatic rings. The second-order valence-corrected chi connectivity index (χ2v) is 7.50. The number of nitrogens with one attached hydrogen (secondary N) is 1. The van der Waals surface area contributed by atoms with Gasteiger partial charge in [0.15, 0.2) is 5.78 Å². The van der Waals surface area contributed by atoms with Gasteiger partial charge in [-0.1, -0.05) is 42.5 Å². The summed E-state index contributed by atoms with van der Waals surface area (Å²) < 4.78 is 26.8. The van der Waals surface area contributed by atoms with Crippen LogP contribution in [0.3, 0.4) is 0 Å². The molecule has 1 saturated heterocycles. The van der Waals surface area contributed by atoms with Crippen molar-refractivity contribution in [2.24, 2.45) is 0 Å². The van der Waals surface area contributed by atoms with Gasteiger partial charge < -0.3 is 10.2 Å². The standard InChI is InChI=1S/C23H23F2N5O2/c24-22(25)30-10-9-26-20(30)16-28-11-13-29(14-12-28)23(32)27-19-8-4-7-18(15-19)21(31)17-5-2-1-3-6-17/h1-10,15,22H,11-14,16H2,(H,27,32). The predicted molar refractivity (Wildman–Crippen MR) is 116 cm³/mol. The molecule has 0 radical (unpaired) electrons. The van der Waals surface area contributed by atoms with Gasteiger partial charge in [-0.3, -0.25) is 14.3 Å². The van der Waals surface area contributed by atoms with E-state index in [1.807, 2.05) is 11.0 Å². The van der Waals surface area contributed by atoms with Crippen LogP contribution in [-0.2, 0) is 6.54 Å². The molecule has 0 saturated carbocycles. The average molecular weight is 439 g/mol. The highest BCUT2D eigenvalue weighted by molar-refractivity contribution is 6.09. The van der Waals surface area contributed by atoms with Crippen LogP contribution in [0.15, 0.2) is 67.0 Å². The van der Waals surface area contributed by atoms with E-state index in [-0.39, 0.29) is 11.8 Å². The van der Waals surface area contributed by atoms with Gasteiger partial charge in [0.05, 0.1) is 6.54 Å². The maximum Gasteiger partial charge on any atom is 0.321 e. The SMILES string of the molecule is O=C(c1ccccc1)c1cccc(NC(=O)N2CCN(Cc3nccn3C(F)F)CC2)c1. The molecule has 2 amide bonds. The highest BCUT2D eigenvalue weighted by Crippen LogP contribution is 2.17. The van der Waals surface area contributed by atoms with Crippen molar-refractivity contribution in [3.8, 4) is 0 Å². The Balaban J connectivity index is 1.32. The van der Waals surface area contributed by atoms with Crippen molar-refractivity contribution in [3.05, 3.63) is 83.9 Å². The molecule has 0 aliphatic carbocycles. The molecule has 7 nitrogen and oxygen atoms in total. The van der Waals surface area contributed by atoms with E-state index in [9.17, 15) is 18.4 Å². The van der Waals surface area contributed by atoms with Crippen LogP contribution in [0.4, 0.5) is 19.3 Å². The molecule has 0 atom stereocenters. The molecule has 2 heterocycles. The van der Waals surface area contributed by atoms with Crippen LogP contribution in [0.2, 0.25) is 0 Å². The summed E-state index contributed by atoms with van der Waals surface area (Å²) in [6.07, 6.45) is 2.63. The monoisotopic (exact) mass is 439 g/mol. The number of amides is 2. The Morgan fingerprint density at radius 1 is 0.969 bits per heavy atom. The fourth-order valence-corrected chi connectivity index (χ4v) is 3.65. The van der Waals surface area contributed by atoms with Crippen molar-refractivity contribution < 1.29 is 18.4 Å². The molecule has 0 spiro atoms. The molecule has 1 aliphatic rings. The first-order valence-electron chi connectivity index (χ1n) is 10.3. The molecule has 1 N–H and O–H groups in total. The van der Waals surface area contributed by atoms with E-state index in [0.717, 1.165) is 4.57 Å². The van der Waals surface area contributed by atoms with E-state index >= 15 is 0 Å². The number of nitrogens with zero attached hydrogens (tertiary/aromatic N) is 4. The number of imidazole rings is 1. The number of carbonyl (C=O) groups excluding carboxylic acids is 2. The third-order valence-electron chi connectivity index (χ3n) is 5.40. The number of anilines is 1. The summed E-state index contributed by atoms with van der Waals surface area (Å²) >= 11 is 0. The van der Waals surface area contributed by atoms with Crippen LogP contribution < -0.4 is 5.32 Å². The second kappa shape index (κ2) is 9.69. The maximum atomic E-state index is 13.0. The largest absolute Gasteiger partial charge is 0.322 e. The molecular weight excluding hydrogens is 416 g/mol. The molecule has 0 unspecified atom stereocenters. The van der Waals surface area contributed by atoms with Gasteiger partial charge >= 0.3 is 12.6 Å². The number of rotatable bonds is 6. The number of alkyl halides is 2. The Morgan fingerprint density at radius 3 is 2.41 bits per heavy atom. The third-order valence-corrected chi connectivity index (χ3v) is 5.40. The van der Waals surface area contributed by atoms with Crippen molar-refractivity contribution >= 4 is 17.5 Å². The normalized spacial score (nSPS) is 14.5. The van der Waals surface area contributed by atoms with Crippen molar-refractivity contribution in [1.82, 2.24) is 19.4 Å². The number of aromatic nitrogens is 2. The Kier molecular flexibility index (Phi) is 6.55. The summed E-state index contributed by atoms with van der Waals surface area (Å²) in [7, 11) is 0. The minimum absolute atomic E-state index is 0.113.